The van der Waals surface area contributed by atoms with Gasteiger partial charge in [-0.1, -0.05) is 11.6 Å². The zero-order valence-corrected chi connectivity index (χ0v) is 10.8. The molecule has 4 N–H and O–H groups in total. The Morgan fingerprint density at radius 1 is 1.37 bits per heavy atom. The SMILES string of the molecule is Cc1ccc(NC(=O)C2CCC(N)C2)c(C(=O)O)c1. The van der Waals surface area contributed by atoms with Gasteiger partial charge in [-0.2, -0.15) is 0 Å². The fourth-order valence-electron chi connectivity index (χ4n) is 2.43. The van der Waals surface area contributed by atoms with Gasteiger partial charge in [0.25, 0.3) is 0 Å². The molecule has 0 bridgehead atoms. The molecule has 2 atom stereocenters. The van der Waals surface area contributed by atoms with Gasteiger partial charge in [-0.3, -0.25) is 4.79 Å². The average Bonchev–Trinajstić information content (AvgIpc) is 2.78. The van der Waals surface area contributed by atoms with Gasteiger partial charge in [0.2, 0.25) is 5.91 Å². The Labute approximate surface area is 111 Å². The summed E-state index contributed by atoms with van der Waals surface area (Å²) in [6.07, 6.45) is 2.28. The number of nitrogens with one attached hydrogen (secondary N) is 1. The third-order valence-corrected chi connectivity index (χ3v) is 3.51. The van der Waals surface area contributed by atoms with Gasteiger partial charge in [-0.25, -0.2) is 4.79 Å². The molecule has 19 heavy (non-hydrogen) atoms. The van der Waals surface area contributed by atoms with E-state index < -0.39 is 5.97 Å². The molecule has 1 saturated carbocycles. The molecule has 1 amide bonds. The monoisotopic (exact) mass is 262 g/mol. The number of carboxylic acid groups (broad SMARTS) is 1. The molecule has 0 saturated heterocycles. The summed E-state index contributed by atoms with van der Waals surface area (Å²) >= 11 is 0. The number of hydrogen-bond acceptors (Lipinski definition) is 3. The van der Waals surface area contributed by atoms with E-state index in [1.807, 2.05) is 6.92 Å². The van der Waals surface area contributed by atoms with E-state index in [9.17, 15) is 9.59 Å². The highest BCUT2D eigenvalue weighted by molar-refractivity contribution is 6.01. The lowest BCUT2D eigenvalue weighted by atomic mass is 10.1. The summed E-state index contributed by atoms with van der Waals surface area (Å²) in [4.78, 5) is 23.2. The minimum absolute atomic E-state index is 0.0766. The Morgan fingerprint density at radius 2 is 2.11 bits per heavy atom. The third-order valence-electron chi connectivity index (χ3n) is 3.51. The minimum Gasteiger partial charge on any atom is -0.478 e. The number of carbonyl (C=O) groups excluding carboxylic acids is 1. The van der Waals surface area contributed by atoms with Crippen LogP contribution >= 0.6 is 0 Å². The average molecular weight is 262 g/mol. The number of carbonyl (C=O) groups is 2. The first-order valence-corrected chi connectivity index (χ1v) is 6.37. The molecule has 0 radical (unpaired) electrons. The zero-order valence-electron chi connectivity index (χ0n) is 10.8. The summed E-state index contributed by atoms with van der Waals surface area (Å²) in [5.74, 6) is -1.29. The number of aromatic carboxylic acids is 1. The second kappa shape index (κ2) is 5.40. The smallest absolute Gasteiger partial charge is 0.337 e. The van der Waals surface area contributed by atoms with E-state index in [0.29, 0.717) is 12.1 Å². The summed E-state index contributed by atoms with van der Waals surface area (Å²) in [7, 11) is 0. The van der Waals surface area contributed by atoms with Crippen LogP contribution in [0.4, 0.5) is 5.69 Å². The van der Waals surface area contributed by atoms with Crippen LogP contribution < -0.4 is 11.1 Å². The van der Waals surface area contributed by atoms with Crippen molar-refractivity contribution in [2.75, 3.05) is 5.32 Å². The number of rotatable bonds is 3. The summed E-state index contributed by atoms with van der Waals surface area (Å²) in [6.45, 7) is 1.81. The van der Waals surface area contributed by atoms with E-state index in [4.69, 9.17) is 10.8 Å². The van der Waals surface area contributed by atoms with Crippen molar-refractivity contribution >= 4 is 17.6 Å². The van der Waals surface area contributed by atoms with Crippen LogP contribution in [0.15, 0.2) is 18.2 Å². The largest absolute Gasteiger partial charge is 0.478 e. The number of benzene rings is 1. The molecule has 0 aliphatic heterocycles. The summed E-state index contributed by atoms with van der Waals surface area (Å²) in [5, 5.41) is 11.8. The second-order valence-electron chi connectivity index (χ2n) is 5.11. The lowest BCUT2D eigenvalue weighted by Gasteiger charge is -2.13. The molecule has 2 rings (SSSR count). The molecule has 0 aromatic heterocycles. The van der Waals surface area contributed by atoms with Crippen molar-refractivity contribution in [3.05, 3.63) is 29.3 Å². The van der Waals surface area contributed by atoms with Crippen LogP contribution in [-0.4, -0.2) is 23.0 Å². The minimum atomic E-state index is -1.04. The van der Waals surface area contributed by atoms with Gasteiger partial charge in [0.1, 0.15) is 0 Å². The first-order chi connectivity index (χ1) is 8.97. The predicted octanol–water partition coefficient (Wildman–Crippen LogP) is 1.76. The van der Waals surface area contributed by atoms with Gasteiger partial charge in [0.15, 0.2) is 0 Å². The van der Waals surface area contributed by atoms with E-state index in [0.717, 1.165) is 18.4 Å². The number of amides is 1. The van der Waals surface area contributed by atoms with Crippen molar-refractivity contribution in [3.63, 3.8) is 0 Å². The molecule has 1 aromatic rings. The Hall–Kier alpha value is -1.88. The number of hydrogen-bond donors (Lipinski definition) is 3. The lowest BCUT2D eigenvalue weighted by Crippen LogP contribution is -2.24. The molecule has 1 aromatic carbocycles. The van der Waals surface area contributed by atoms with Gasteiger partial charge in [0, 0.05) is 12.0 Å². The highest BCUT2D eigenvalue weighted by atomic mass is 16.4. The highest BCUT2D eigenvalue weighted by Crippen LogP contribution is 2.26. The predicted molar refractivity (Wildman–Crippen MR) is 72.1 cm³/mol. The molecular weight excluding hydrogens is 244 g/mol. The van der Waals surface area contributed by atoms with Crippen molar-refractivity contribution < 1.29 is 14.7 Å². The van der Waals surface area contributed by atoms with Crippen molar-refractivity contribution in [1.29, 1.82) is 0 Å². The van der Waals surface area contributed by atoms with Crippen molar-refractivity contribution in [1.82, 2.24) is 0 Å². The topological polar surface area (TPSA) is 92.4 Å². The maximum Gasteiger partial charge on any atom is 0.337 e. The van der Waals surface area contributed by atoms with Crippen molar-refractivity contribution in [2.24, 2.45) is 11.7 Å². The van der Waals surface area contributed by atoms with E-state index in [-0.39, 0.29) is 23.4 Å². The summed E-state index contributed by atoms with van der Waals surface area (Å²) in [6, 6.07) is 5.04. The van der Waals surface area contributed by atoms with Crippen LogP contribution in [-0.2, 0) is 4.79 Å². The molecule has 0 spiro atoms. The van der Waals surface area contributed by atoms with E-state index in [1.165, 1.54) is 0 Å². The van der Waals surface area contributed by atoms with Gasteiger partial charge in [-0.15, -0.1) is 0 Å². The maximum atomic E-state index is 12.1. The van der Waals surface area contributed by atoms with Crippen LogP contribution in [0.3, 0.4) is 0 Å². The molecule has 5 heteroatoms. The van der Waals surface area contributed by atoms with Crippen LogP contribution in [0.2, 0.25) is 0 Å². The molecule has 1 aliphatic rings. The number of carboxylic acids is 1. The van der Waals surface area contributed by atoms with Crippen LogP contribution in [0.25, 0.3) is 0 Å². The maximum absolute atomic E-state index is 12.1. The second-order valence-corrected chi connectivity index (χ2v) is 5.11. The quantitative estimate of drug-likeness (QED) is 0.773. The van der Waals surface area contributed by atoms with Crippen molar-refractivity contribution in [2.45, 2.75) is 32.2 Å². The van der Waals surface area contributed by atoms with Gasteiger partial charge in [0.05, 0.1) is 11.3 Å². The Bertz CT molecular complexity index is 513. The van der Waals surface area contributed by atoms with E-state index in [2.05, 4.69) is 5.32 Å². The zero-order chi connectivity index (χ0) is 14.0. The Kier molecular flexibility index (Phi) is 3.85. The summed E-state index contributed by atoms with van der Waals surface area (Å²) < 4.78 is 0. The van der Waals surface area contributed by atoms with Crippen LogP contribution in [0, 0.1) is 12.8 Å². The molecule has 5 nitrogen and oxygen atoms in total. The van der Waals surface area contributed by atoms with Crippen LogP contribution in [0.5, 0.6) is 0 Å². The Morgan fingerprint density at radius 3 is 2.68 bits per heavy atom. The van der Waals surface area contributed by atoms with Gasteiger partial charge in [-0.05, 0) is 38.3 Å². The summed E-state index contributed by atoms with van der Waals surface area (Å²) in [5.41, 5.74) is 7.10. The van der Waals surface area contributed by atoms with Crippen LogP contribution in [0.1, 0.15) is 35.2 Å². The third kappa shape index (κ3) is 3.12. The molecule has 102 valence electrons. The highest BCUT2D eigenvalue weighted by Gasteiger charge is 2.28. The number of anilines is 1. The molecule has 1 fully saturated rings. The number of nitrogens with two attached hydrogens (primary N) is 1. The Balaban J connectivity index is 2.14. The normalized spacial score (nSPS) is 22.2. The molecular formula is C14H18N2O3. The lowest BCUT2D eigenvalue weighted by molar-refractivity contribution is -0.119. The molecule has 0 heterocycles. The fourth-order valence-corrected chi connectivity index (χ4v) is 2.43. The van der Waals surface area contributed by atoms with Gasteiger partial charge < -0.3 is 16.2 Å². The van der Waals surface area contributed by atoms with E-state index in [1.54, 1.807) is 18.2 Å². The first-order valence-electron chi connectivity index (χ1n) is 6.37. The van der Waals surface area contributed by atoms with Crippen molar-refractivity contribution in [3.8, 4) is 0 Å². The molecule has 2 unspecified atom stereocenters. The first kappa shape index (κ1) is 13.5. The van der Waals surface area contributed by atoms with Gasteiger partial charge >= 0.3 is 5.97 Å². The van der Waals surface area contributed by atoms with E-state index >= 15 is 0 Å². The number of aryl methyl sites for hydroxylation is 1. The fraction of sp³-hybridized carbons (Fsp3) is 0.429. The molecule has 1 aliphatic carbocycles. The standard InChI is InChI=1S/C14H18N2O3/c1-8-2-5-12(11(6-8)14(18)19)16-13(17)9-3-4-10(15)7-9/h2,5-6,9-10H,3-4,7,15H2,1H3,(H,16,17)(H,18,19).